The highest BCUT2D eigenvalue weighted by molar-refractivity contribution is 5.21. The number of rotatable bonds is 7. The summed E-state index contributed by atoms with van der Waals surface area (Å²) in [4.78, 5) is 0. The summed E-state index contributed by atoms with van der Waals surface area (Å²) in [5.41, 5.74) is 2.85. The number of hydrogen-bond acceptors (Lipinski definition) is 2. The Balaban J connectivity index is 1.55. The molecule has 1 aromatic rings. The summed E-state index contributed by atoms with van der Waals surface area (Å²) in [7, 11) is 0. The van der Waals surface area contributed by atoms with E-state index in [1.807, 2.05) is 0 Å². The largest absolute Gasteiger partial charge is 0.381 e. The molecule has 1 atom stereocenters. The van der Waals surface area contributed by atoms with Gasteiger partial charge in [-0.3, -0.25) is 0 Å². The van der Waals surface area contributed by atoms with E-state index in [-0.39, 0.29) is 0 Å². The number of nitrogens with one attached hydrogen (secondary N) is 1. The lowest BCUT2D eigenvalue weighted by atomic mass is 9.85. The molecule has 0 radical (unpaired) electrons. The Morgan fingerprint density at radius 1 is 1.10 bits per heavy atom. The molecule has 0 bridgehead atoms. The highest BCUT2D eigenvalue weighted by Crippen LogP contribution is 2.26. The van der Waals surface area contributed by atoms with Crippen LogP contribution >= 0.6 is 0 Å². The molecule has 1 aliphatic heterocycles. The minimum absolute atomic E-state index is 0.774. The smallest absolute Gasteiger partial charge is 0.0468 e. The van der Waals surface area contributed by atoms with Gasteiger partial charge < -0.3 is 10.1 Å². The van der Waals surface area contributed by atoms with Crippen molar-refractivity contribution in [2.45, 2.75) is 51.5 Å². The zero-order chi connectivity index (χ0) is 14.5. The van der Waals surface area contributed by atoms with Gasteiger partial charge in [-0.2, -0.15) is 0 Å². The molecule has 1 N–H and O–H groups in total. The monoisotopic (exact) mass is 287 g/mol. The Hall–Kier alpha value is -0.860. The maximum atomic E-state index is 5.51. The first-order valence-corrected chi connectivity index (χ1v) is 8.66. The molecular formula is C19H29NO. The Labute approximate surface area is 129 Å². The zero-order valence-electron chi connectivity index (χ0n) is 13.3. The van der Waals surface area contributed by atoms with Crippen LogP contribution in [0.2, 0.25) is 0 Å². The summed E-state index contributed by atoms with van der Waals surface area (Å²) in [5.74, 6) is 1.65. The molecule has 2 aliphatic rings. The standard InChI is InChI=1S/C19H29NO/c1-15-2-4-16(5-3-15)12-18(14-20-19-6-7-19)13-17-8-10-21-11-9-17/h2-5,17-20H,6-14H2,1H3. The van der Waals surface area contributed by atoms with Gasteiger partial charge in [0.25, 0.3) is 0 Å². The molecule has 2 heteroatoms. The number of hydrogen-bond donors (Lipinski definition) is 1. The molecule has 1 saturated carbocycles. The molecule has 1 unspecified atom stereocenters. The van der Waals surface area contributed by atoms with Crippen molar-refractivity contribution in [3.63, 3.8) is 0 Å². The minimum atomic E-state index is 0.774. The maximum Gasteiger partial charge on any atom is 0.0468 e. The van der Waals surface area contributed by atoms with Crippen molar-refractivity contribution in [2.75, 3.05) is 19.8 Å². The van der Waals surface area contributed by atoms with E-state index in [0.717, 1.165) is 31.1 Å². The maximum absolute atomic E-state index is 5.51. The molecule has 2 nitrogen and oxygen atoms in total. The Morgan fingerprint density at radius 2 is 1.81 bits per heavy atom. The van der Waals surface area contributed by atoms with Gasteiger partial charge in [0.05, 0.1) is 0 Å². The van der Waals surface area contributed by atoms with E-state index >= 15 is 0 Å². The zero-order valence-corrected chi connectivity index (χ0v) is 13.3. The average molecular weight is 287 g/mol. The first-order chi connectivity index (χ1) is 10.3. The van der Waals surface area contributed by atoms with Crippen LogP contribution in [0.3, 0.4) is 0 Å². The van der Waals surface area contributed by atoms with Crippen molar-refractivity contribution in [3.8, 4) is 0 Å². The Kier molecular flexibility index (Phi) is 5.32. The fraction of sp³-hybridized carbons (Fsp3) is 0.684. The Bertz CT molecular complexity index is 418. The molecule has 116 valence electrons. The predicted molar refractivity (Wildman–Crippen MR) is 87.6 cm³/mol. The predicted octanol–water partition coefficient (Wildman–Crippen LogP) is 3.72. The fourth-order valence-corrected chi connectivity index (χ4v) is 3.37. The van der Waals surface area contributed by atoms with Gasteiger partial charge in [0.1, 0.15) is 0 Å². The van der Waals surface area contributed by atoms with Crippen LogP contribution in [0.1, 0.15) is 43.2 Å². The number of ether oxygens (including phenoxy) is 1. The van der Waals surface area contributed by atoms with Gasteiger partial charge in [0.2, 0.25) is 0 Å². The van der Waals surface area contributed by atoms with Gasteiger partial charge in [0.15, 0.2) is 0 Å². The quantitative estimate of drug-likeness (QED) is 0.825. The number of aryl methyl sites for hydroxylation is 1. The van der Waals surface area contributed by atoms with Crippen LogP contribution in [0.4, 0.5) is 0 Å². The second kappa shape index (κ2) is 7.42. The summed E-state index contributed by atoms with van der Waals surface area (Å²) < 4.78 is 5.51. The highest BCUT2D eigenvalue weighted by atomic mass is 16.5. The van der Waals surface area contributed by atoms with Gasteiger partial charge in [-0.05, 0) is 69.4 Å². The van der Waals surface area contributed by atoms with E-state index in [1.54, 1.807) is 0 Å². The summed E-state index contributed by atoms with van der Waals surface area (Å²) in [6.45, 7) is 5.30. The molecule has 0 aromatic heterocycles. The molecule has 1 aromatic carbocycles. The van der Waals surface area contributed by atoms with Crippen molar-refractivity contribution >= 4 is 0 Å². The van der Waals surface area contributed by atoms with Crippen LogP contribution < -0.4 is 5.32 Å². The molecule has 0 spiro atoms. The van der Waals surface area contributed by atoms with Crippen molar-refractivity contribution in [3.05, 3.63) is 35.4 Å². The molecule has 1 saturated heterocycles. The fourth-order valence-electron chi connectivity index (χ4n) is 3.37. The lowest BCUT2D eigenvalue weighted by Crippen LogP contribution is -2.29. The molecule has 0 amide bonds. The third-order valence-electron chi connectivity index (χ3n) is 4.93. The van der Waals surface area contributed by atoms with Crippen molar-refractivity contribution in [1.82, 2.24) is 5.32 Å². The van der Waals surface area contributed by atoms with E-state index in [4.69, 9.17) is 4.74 Å². The van der Waals surface area contributed by atoms with E-state index in [2.05, 4.69) is 36.5 Å². The summed E-state index contributed by atoms with van der Waals surface area (Å²) >= 11 is 0. The summed E-state index contributed by atoms with van der Waals surface area (Å²) in [6.07, 6.45) is 7.86. The second-order valence-electron chi connectivity index (χ2n) is 7.03. The first kappa shape index (κ1) is 15.1. The van der Waals surface area contributed by atoms with Crippen LogP contribution in [0.15, 0.2) is 24.3 Å². The van der Waals surface area contributed by atoms with Gasteiger partial charge in [-0.15, -0.1) is 0 Å². The SMILES string of the molecule is Cc1ccc(CC(CNC2CC2)CC2CCOCC2)cc1. The molecule has 21 heavy (non-hydrogen) atoms. The van der Waals surface area contributed by atoms with Crippen LogP contribution in [-0.4, -0.2) is 25.8 Å². The third-order valence-corrected chi connectivity index (χ3v) is 4.93. The average Bonchev–Trinajstić information content (AvgIpc) is 3.32. The van der Waals surface area contributed by atoms with Crippen LogP contribution in [0.5, 0.6) is 0 Å². The molecule has 3 rings (SSSR count). The lowest BCUT2D eigenvalue weighted by molar-refractivity contribution is 0.0584. The van der Waals surface area contributed by atoms with E-state index in [9.17, 15) is 0 Å². The van der Waals surface area contributed by atoms with Crippen LogP contribution in [0.25, 0.3) is 0 Å². The topological polar surface area (TPSA) is 21.3 Å². The number of benzene rings is 1. The summed E-state index contributed by atoms with van der Waals surface area (Å²) in [6, 6.07) is 9.93. The molecular weight excluding hydrogens is 258 g/mol. The van der Waals surface area contributed by atoms with E-state index in [1.165, 1.54) is 56.2 Å². The van der Waals surface area contributed by atoms with Crippen molar-refractivity contribution < 1.29 is 4.74 Å². The second-order valence-corrected chi connectivity index (χ2v) is 7.03. The van der Waals surface area contributed by atoms with Crippen molar-refractivity contribution in [1.29, 1.82) is 0 Å². The van der Waals surface area contributed by atoms with Crippen LogP contribution in [0, 0.1) is 18.8 Å². The van der Waals surface area contributed by atoms with Gasteiger partial charge in [0, 0.05) is 19.3 Å². The molecule has 1 aliphatic carbocycles. The van der Waals surface area contributed by atoms with Crippen molar-refractivity contribution in [2.24, 2.45) is 11.8 Å². The van der Waals surface area contributed by atoms with E-state index in [0.29, 0.717) is 0 Å². The van der Waals surface area contributed by atoms with E-state index < -0.39 is 0 Å². The van der Waals surface area contributed by atoms with Gasteiger partial charge in [-0.1, -0.05) is 29.8 Å². The van der Waals surface area contributed by atoms with Gasteiger partial charge in [-0.25, -0.2) is 0 Å². The molecule has 2 fully saturated rings. The highest BCUT2D eigenvalue weighted by Gasteiger charge is 2.24. The first-order valence-electron chi connectivity index (χ1n) is 8.66. The lowest BCUT2D eigenvalue weighted by Gasteiger charge is -2.27. The minimum Gasteiger partial charge on any atom is -0.381 e. The molecule has 1 heterocycles. The Morgan fingerprint density at radius 3 is 2.48 bits per heavy atom. The van der Waals surface area contributed by atoms with Gasteiger partial charge >= 0.3 is 0 Å². The third kappa shape index (κ3) is 5.12. The normalized spacial score (nSPS) is 21.4. The summed E-state index contributed by atoms with van der Waals surface area (Å²) in [5, 5.41) is 3.75. The van der Waals surface area contributed by atoms with Crippen LogP contribution in [-0.2, 0) is 11.2 Å².